The quantitative estimate of drug-likeness (QED) is 0.398. The molecule has 1 aromatic carbocycles. The number of halogens is 1. The van der Waals surface area contributed by atoms with Gasteiger partial charge in [0.25, 0.3) is 0 Å². The number of aromatic amines is 2. The molecule has 30 heavy (non-hydrogen) atoms. The van der Waals surface area contributed by atoms with Gasteiger partial charge in [0.15, 0.2) is 11.1 Å². The Morgan fingerprint density at radius 1 is 1.33 bits per heavy atom. The SMILES string of the molecule is Cc1ccc(Cl)cc1Nc1cc(=NC2CC2)n2ncc(=Cc3[nH]c(=O)[nH]c3O)c2n1. The van der Waals surface area contributed by atoms with Crippen LogP contribution in [0, 0.1) is 6.92 Å². The van der Waals surface area contributed by atoms with E-state index in [1.165, 1.54) is 0 Å². The summed E-state index contributed by atoms with van der Waals surface area (Å²) in [6.45, 7) is 1.98. The number of anilines is 2. The topological polar surface area (TPSA) is 123 Å². The Morgan fingerprint density at radius 2 is 2.17 bits per heavy atom. The van der Waals surface area contributed by atoms with E-state index in [2.05, 4.69) is 20.4 Å². The number of fused-ring (bicyclic) bond motifs is 1. The number of hydrogen-bond donors (Lipinski definition) is 4. The molecule has 4 N–H and O–H groups in total. The van der Waals surface area contributed by atoms with Crippen LogP contribution in [0.25, 0.3) is 11.7 Å². The van der Waals surface area contributed by atoms with Crippen LogP contribution in [0.5, 0.6) is 5.88 Å². The third kappa shape index (κ3) is 3.55. The molecule has 3 heterocycles. The standard InChI is InChI=1S/C20H18ClN7O2/c1-10-2-3-12(21)7-14(10)24-16-8-17(23-13-4-5-13)28-18(26-16)11(9-22-28)6-15-19(29)27-20(30)25-15/h2-3,6-9,13,24,29H,4-5H2,1H3,(H2,25,27,30). The van der Waals surface area contributed by atoms with E-state index in [1.807, 2.05) is 31.2 Å². The third-order valence-corrected chi connectivity index (χ3v) is 5.07. The summed E-state index contributed by atoms with van der Waals surface area (Å²) in [6.07, 6.45) is 5.34. The van der Waals surface area contributed by atoms with Crippen molar-refractivity contribution < 1.29 is 5.11 Å². The summed E-state index contributed by atoms with van der Waals surface area (Å²) >= 11 is 6.15. The van der Waals surface area contributed by atoms with Crippen LogP contribution in [0.3, 0.4) is 0 Å². The Morgan fingerprint density at radius 3 is 2.90 bits per heavy atom. The van der Waals surface area contributed by atoms with Crippen molar-refractivity contribution in [1.82, 2.24) is 24.6 Å². The fourth-order valence-corrected chi connectivity index (χ4v) is 3.30. The summed E-state index contributed by atoms with van der Waals surface area (Å²) < 4.78 is 1.65. The highest BCUT2D eigenvalue weighted by molar-refractivity contribution is 6.30. The maximum absolute atomic E-state index is 11.4. The molecule has 0 bridgehead atoms. The van der Waals surface area contributed by atoms with Gasteiger partial charge in [-0.2, -0.15) is 9.61 Å². The van der Waals surface area contributed by atoms with Crippen molar-refractivity contribution in [2.24, 2.45) is 4.99 Å². The summed E-state index contributed by atoms with van der Waals surface area (Å²) in [5.74, 6) is 0.347. The molecule has 0 unspecified atom stereocenters. The van der Waals surface area contributed by atoms with Crippen LogP contribution in [0.15, 0.2) is 40.2 Å². The molecule has 9 nitrogen and oxygen atoms in total. The molecule has 10 heteroatoms. The van der Waals surface area contributed by atoms with Crippen LogP contribution >= 0.6 is 11.6 Å². The summed E-state index contributed by atoms with van der Waals surface area (Å²) in [5, 5.41) is 18.8. The molecule has 1 saturated carbocycles. The Bertz CT molecular complexity index is 1450. The predicted molar refractivity (Wildman–Crippen MR) is 113 cm³/mol. The fourth-order valence-electron chi connectivity index (χ4n) is 3.13. The number of aromatic nitrogens is 5. The largest absolute Gasteiger partial charge is 0.493 e. The van der Waals surface area contributed by atoms with Crippen molar-refractivity contribution in [2.45, 2.75) is 25.8 Å². The zero-order chi connectivity index (χ0) is 20.8. The monoisotopic (exact) mass is 423 g/mol. The molecule has 1 aliphatic carbocycles. The zero-order valence-electron chi connectivity index (χ0n) is 16.0. The number of rotatable bonds is 4. The lowest BCUT2D eigenvalue weighted by atomic mass is 10.2. The average Bonchev–Trinajstić information content (AvgIpc) is 3.34. The summed E-state index contributed by atoms with van der Waals surface area (Å²) in [6, 6.07) is 7.74. The Hall–Kier alpha value is -3.59. The van der Waals surface area contributed by atoms with Crippen LogP contribution in [0.4, 0.5) is 11.5 Å². The fraction of sp³-hybridized carbons (Fsp3) is 0.200. The van der Waals surface area contributed by atoms with Gasteiger partial charge in [-0.25, -0.2) is 9.78 Å². The number of aromatic hydroxyl groups is 1. The predicted octanol–water partition coefficient (Wildman–Crippen LogP) is 1.77. The second kappa shape index (κ2) is 7.03. The van der Waals surface area contributed by atoms with Gasteiger partial charge in [0.2, 0.25) is 5.88 Å². The highest BCUT2D eigenvalue weighted by atomic mass is 35.5. The molecule has 0 saturated heterocycles. The van der Waals surface area contributed by atoms with Gasteiger partial charge in [-0.3, -0.25) is 9.98 Å². The van der Waals surface area contributed by atoms with Crippen LogP contribution in [0.2, 0.25) is 5.02 Å². The van der Waals surface area contributed by atoms with Gasteiger partial charge in [-0.1, -0.05) is 17.7 Å². The van der Waals surface area contributed by atoms with E-state index in [9.17, 15) is 9.90 Å². The molecule has 0 atom stereocenters. The zero-order valence-corrected chi connectivity index (χ0v) is 16.7. The Kier molecular flexibility index (Phi) is 4.32. The van der Waals surface area contributed by atoms with Crippen LogP contribution < -0.4 is 21.7 Å². The number of imidazole rings is 1. The van der Waals surface area contributed by atoms with E-state index in [-0.39, 0.29) is 17.6 Å². The minimum Gasteiger partial charge on any atom is -0.493 e. The molecule has 0 radical (unpaired) electrons. The van der Waals surface area contributed by atoms with E-state index < -0.39 is 5.69 Å². The number of nitrogens with zero attached hydrogens (tertiary/aromatic N) is 4. The minimum atomic E-state index is -0.494. The Labute approximate surface area is 174 Å². The minimum absolute atomic E-state index is 0.244. The van der Waals surface area contributed by atoms with E-state index in [0.717, 1.165) is 24.1 Å². The average molecular weight is 424 g/mol. The summed E-state index contributed by atoms with van der Waals surface area (Å²) in [4.78, 5) is 25.7. The van der Waals surface area contributed by atoms with Crippen LogP contribution in [0.1, 0.15) is 24.1 Å². The first kappa shape index (κ1) is 18.4. The first-order chi connectivity index (χ1) is 14.5. The molecule has 0 spiro atoms. The molecule has 0 aliphatic heterocycles. The molecule has 5 rings (SSSR count). The van der Waals surface area contributed by atoms with Crippen molar-refractivity contribution >= 4 is 34.8 Å². The number of H-pyrrole nitrogens is 2. The molecule has 4 aromatic rings. The first-order valence-corrected chi connectivity index (χ1v) is 9.83. The second-order valence-electron chi connectivity index (χ2n) is 7.27. The van der Waals surface area contributed by atoms with Gasteiger partial charge in [0.05, 0.1) is 12.2 Å². The third-order valence-electron chi connectivity index (χ3n) is 4.84. The van der Waals surface area contributed by atoms with Gasteiger partial charge in [-0.05, 0) is 43.5 Å². The lowest BCUT2D eigenvalue weighted by Gasteiger charge is -2.09. The highest BCUT2D eigenvalue weighted by Crippen LogP contribution is 2.24. The molecule has 152 valence electrons. The highest BCUT2D eigenvalue weighted by Gasteiger charge is 2.20. The van der Waals surface area contributed by atoms with E-state index in [4.69, 9.17) is 21.6 Å². The van der Waals surface area contributed by atoms with E-state index in [0.29, 0.717) is 27.2 Å². The first-order valence-electron chi connectivity index (χ1n) is 9.45. The van der Waals surface area contributed by atoms with Crippen molar-refractivity contribution in [3.05, 3.63) is 67.9 Å². The summed E-state index contributed by atoms with van der Waals surface area (Å²) in [7, 11) is 0. The van der Waals surface area contributed by atoms with Gasteiger partial charge in [-0.15, -0.1) is 0 Å². The van der Waals surface area contributed by atoms with Crippen molar-refractivity contribution in [3.63, 3.8) is 0 Å². The van der Waals surface area contributed by atoms with Crippen molar-refractivity contribution in [2.75, 3.05) is 5.32 Å². The lowest BCUT2D eigenvalue weighted by Crippen LogP contribution is -2.20. The molecular weight excluding hydrogens is 406 g/mol. The molecule has 1 fully saturated rings. The van der Waals surface area contributed by atoms with Crippen molar-refractivity contribution in [1.29, 1.82) is 0 Å². The number of hydrogen-bond acceptors (Lipinski definition) is 6. The molecule has 3 aromatic heterocycles. The molecular formula is C20H18ClN7O2. The normalized spacial score (nSPS) is 15.3. The number of aryl methyl sites for hydroxylation is 1. The van der Waals surface area contributed by atoms with Gasteiger partial charge in [0.1, 0.15) is 11.5 Å². The van der Waals surface area contributed by atoms with Crippen molar-refractivity contribution in [3.8, 4) is 5.88 Å². The summed E-state index contributed by atoms with van der Waals surface area (Å²) in [5.41, 5.74) is 2.84. The smallest absolute Gasteiger partial charge is 0.326 e. The lowest BCUT2D eigenvalue weighted by molar-refractivity contribution is 0.454. The van der Waals surface area contributed by atoms with Gasteiger partial charge >= 0.3 is 5.69 Å². The number of benzene rings is 1. The van der Waals surface area contributed by atoms with Crippen LogP contribution in [-0.4, -0.2) is 35.7 Å². The van der Waals surface area contributed by atoms with E-state index in [1.54, 1.807) is 16.8 Å². The van der Waals surface area contributed by atoms with Gasteiger partial charge in [0, 0.05) is 22.0 Å². The number of nitrogens with one attached hydrogen (secondary N) is 3. The van der Waals surface area contributed by atoms with E-state index >= 15 is 0 Å². The van der Waals surface area contributed by atoms with Crippen LogP contribution in [-0.2, 0) is 0 Å². The molecule has 0 amide bonds. The second-order valence-corrected chi connectivity index (χ2v) is 7.70. The Balaban J connectivity index is 1.69. The molecule has 1 aliphatic rings. The maximum Gasteiger partial charge on any atom is 0.326 e. The van der Waals surface area contributed by atoms with Gasteiger partial charge < -0.3 is 15.4 Å². The maximum atomic E-state index is 11.4.